The monoisotopic (exact) mass is 760 g/mol. The second-order valence-electron chi connectivity index (χ2n) is 18.1. The highest BCUT2D eigenvalue weighted by molar-refractivity contribution is 4.56. The van der Waals surface area contributed by atoms with Crippen molar-refractivity contribution >= 4 is 0 Å². The Morgan fingerprint density at radius 2 is 0.370 bits per heavy atom. The minimum Gasteiger partial charge on any atom is -0.376 e. The molecule has 0 saturated carbocycles. The molecular formula is C53H107O. The highest BCUT2D eigenvalue weighted by Gasteiger charge is 1.99. The lowest BCUT2D eigenvalue weighted by Gasteiger charge is -2.05. The van der Waals surface area contributed by atoms with Gasteiger partial charge < -0.3 is 4.74 Å². The Labute approximate surface area is 345 Å². The van der Waals surface area contributed by atoms with Gasteiger partial charge in [0.15, 0.2) is 0 Å². The number of ether oxygens (including phenoxy) is 1. The summed E-state index contributed by atoms with van der Waals surface area (Å²) < 4.78 is 5.81. The predicted octanol–water partition coefficient (Wildman–Crippen LogP) is 20.3. The molecule has 54 heavy (non-hydrogen) atoms. The molecule has 0 aliphatic rings. The third-order valence-electron chi connectivity index (χ3n) is 12.4. The number of unbranched alkanes of at least 4 members (excludes halogenated alkanes) is 47. The molecule has 1 nitrogen and oxygen atoms in total. The molecule has 0 aromatic heterocycles. The Bertz CT molecular complexity index is 548. The quantitative estimate of drug-likeness (QED) is 0.0561. The highest BCUT2D eigenvalue weighted by Crippen LogP contribution is 2.18. The minimum atomic E-state index is 0.943. The van der Waals surface area contributed by atoms with Gasteiger partial charge in [-0.2, -0.15) is 0 Å². The molecule has 0 aromatic carbocycles. The van der Waals surface area contributed by atoms with E-state index in [-0.39, 0.29) is 0 Å². The van der Waals surface area contributed by atoms with E-state index >= 15 is 0 Å². The average molecular weight is 760 g/mol. The van der Waals surface area contributed by atoms with E-state index in [4.69, 9.17) is 4.74 Å². The SMILES string of the molecule is CCCCCCCCCCCCCCCCCCCCCCCCCCC[CH]OCCCCCCCCCCCCCCCCCCCCCCCCC. The van der Waals surface area contributed by atoms with Crippen LogP contribution >= 0.6 is 0 Å². The van der Waals surface area contributed by atoms with E-state index in [0.717, 1.165) is 13.0 Å². The third kappa shape index (κ3) is 52.0. The van der Waals surface area contributed by atoms with Crippen LogP contribution in [0.4, 0.5) is 0 Å². The minimum absolute atomic E-state index is 0.943. The summed E-state index contributed by atoms with van der Waals surface area (Å²) in [6.45, 7) is 7.67. The summed E-state index contributed by atoms with van der Waals surface area (Å²) in [5.74, 6) is 0. The molecule has 0 rings (SSSR count). The van der Waals surface area contributed by atoms with E-state index in [1.54, 1.807) is 0 Å². The lowest BCUT2D eigenvalue weighted by Crippen LogP contribution is -1.92. The normalized spacial score (nSPS) is 11.7. The Kier molecular flexibility index (Phi) is 52.9. The Hall–Kier alpha value is -0.0400. The van der Waals surface area contributed by atoms with Crippen LogP contribution in [0.25, 0.3) is 0 Å². The summed E-state index contributed by atoms with van der Waals surface area (Å²) in [4.78, 5) is 0. The fourth-order valence-electron chi connectivity index (χ4n) is 8.50. The van der Waals surface area contributed by atoms with Gasteiger partial charge in [-0.3, -0.25) is 0 Å². The van der Waals surface area contributed by atoms with Gasteiger partial charge in [-0.05, 0) is 12.8 Å². The van der Waals surface area contributed by atoms with E-state index in [9.17, 15) is 0 Å². The van der Waals surface area contributed by atoms with Crippen LogP contribution in [-0.4, -0.2) is 6.61 Å². The lowest BCUT2D eigenvalue weighted by molar-refractivity contribution is 0.183. The molecule has 0 aliphatic carbocycles. The first-order valence-corrected chi connectivity index (χ1v) is 26.3. The first kappa shape index (κ1) is 54.0. The van der Waals surface area contributed by atoms with E-state index in [2.05, 4.69) is 20.5 Å². The van der Waals surface area contributed by atoms with Crippen molar-refractivity contribution in [2.24, 2.45) is 0 Å². The fourth-order valence-corrected chi connectivity index (χ4v) is 8.50. The molecule has 0 bridgehead atoms. The van der Waals surface area contributed by atoms with E-state index in [0.29, 0.717) is 0 Å². The molecule has 0 spiro atoms. The van der Waals surface area contributed by atoms with Crippen molar-refractivity contribution in [3.63, 3.8) is 0 Å². The summed E-state index contributed by atoms with van der Waals surface area (Å²) in [6.07, 6.45) is 71.0. The summed E-state index contributed by atoms with van der Waals surface area (Å²) in [5.41, 5.74) is 0. The predicted molar refractivity (Wildman–Crippen MR) is 248 cm³/mol. The van der Waals surface area contributed by atoms with Gasteiger partial charge in [0.1, 0.15) is 0 Å². The molecule has 0 amide bonds. The van der Waals surface area contributed by atoms with Gasteiger partial charge in [0.05, 0.1) is 6.61 Å². The standard InChI is InChI=1S/C53H107O/c1-3-5-7-9-11-13-15-17-19-21-23-25-27-28-29-31-33-35-37-39-41-43-45-47-49-51-53-54-52-50-48-46-44-42-40-38-36-34-32-30-26-24-22-20-18-16-14-12-10-8-6-4-2/h53H,3-52H2,1-2H3. The van der Waals surface area contributed by atoms with Crippen molar-refractivity contribution in [2.75, 3.05) is 6.61 Å². The molecule has 325 valence electrons. The zero-order valence-electron chi connectivity index (χ0n) is 38.3. The molecule has 0 fully saturated rings. The van der Waals surface area contributed by atoms with Gasteiger partial charge >= 0.3 is 0 Å². The van der Waals surface area contributed by atoms with Crippen molar-refractivity contribution < 1.29 is 4.74 Å². The maximum Gasteiger partial charge on any atom is 0.0836 e. The van der Waals surface area contributed by atoms with Crippen LogP contribution in [0.3, 0.4) is 0 Å². The zero-order valence-corrected chi connectivity index (χ0v) is 38.3. The first-order chi connectivity index (χ1) is 26.9. The second kappa shape index (κ2) is 53.0. The molecular weight excluding hydrogens is 653 g/mol. The third-order valence-corrected chi connectivity index (χ3v) is 12.4. The Morgan fingerprint density at radius 1 is 0.204 bits per heavy atom. The maximum absolute atomic E-state index is 5.81. The van der Waals surface area contributed by atoms with E-state index < -0.39 is 0 Å². The molecule has 0 atom stereocenters. The van der Waals surface area contributed by atoms with E-state index in [1.165, 1.54) is 308 Å². The van der Waals surface area contributed by atoms with Crippen LogP contribution in [0, 0.1) is 6.61 Å². The fraction of sp³-hybridized carbons (Fsp3) is 0.981. The van der Waals surface area contributed by atoms with Crippen LogP contribution in [-0.2, 0) is 4.74 Å². The summed E-state index contributed by atoms with van der Waals surface area (Å²) in [6, 6.07) is 0. The molecule has 1 radical (unpaired) electrons. The van der Waals surface area contributed by atoms with Crippen LogP contribution in [0.2, 0.25) is 0 Å². The number of hydrogen-bond donors (Lipinski definition) is 0. The van der Waals surface area contributed by atoms with Crippen LogP contribution in [0.15, 0.2) is 0 Å². The largest absolute Gasteiger partial charge is 0.376 e. The van der Waals surface area contributed by atoms with Crippen LogP contribution < -0.4 is 0 Å². The van der Waals surface area contributed by atoms with Crippen molar-refractivity contribution in [1.82, 2.24) is 0 Å². The smallest absolute Gasteiger partial charge is 0.0836 e. The van der Waals surface area contributed by atoms with Crippen molar-refractivity contribution in [3.8, 4) is 0 Å². The van der Waals surface area contributed by atoms with Crippen molar-refractivity contribution in [3.05, 3.63) is 6.61 Å². The highest BCUT2D eigenvalue weighted by atomic mass is 16.5. The summed E-state index contributed by atoms with van der Waals surface area (Å²) in [5, 5.41) is 0. The zero-order chi connectivity index (χ0) is 38.8. The average Bonchev–Trinajstić information content (AvgIpc) is 3.18. The molecule has 0 aliphatic heterocycles. The molecule has 1 heteroatoms. The summed E-state index contributed by atoms with van der Waals surface area (Å²) in [7, 11) is 0. The maximum atomic E-state index is 5.81. The molecule has 0 saturated heterocycles. The number of rotatable bonds is 51. The van der Waals surface area contributed by atoms with Gasteiger partial charge in [-0.25, -0.2) is 0 Å². The van der Waals surface area contributed by atoms with Gasteiger partial charge in [0.2, 0.25) is 0 Å². The van der Waals surface area contributed by atoms with Crippen LogP contribution in [0.5, 0.6) is 0 Å². The van der Waals surface area contributed by atoms with Gasteiger partial charge in [0, 0.05) is 6.61 Å². The van der Waals surface area contributed by atoms with Crippen molar-refractivity contribution in [2.45, 2.75) is 328 Å². The lowest BCUT2D eigenvalue weighted by atomic mass is 10.0. The molecule has 0 unspecified atom stereocenters. The van der Waals surface area contributed by atoms with Gasteiger partial charge in [-0.1, -0.05) is 316 Å². The molecule has 0 N–H and O–H groups in total. The topological polar surface area (TPSA) is 9.23 Å². The first-order valence-electron chi connectivity index (χ1n) is 26.3. The summed E-state index contributed by atoms with van der Waals surface area (Å²) >= 11 is 0. The second-order valence-corrected chi connectivity index (χ2v) is 18.1. The van der Waals surface area contributed by atoms with Crippen LogP contribution in [0.1, 0.15) is 328 Å². The Balaban J connectivity index is 3.05. The molecule has 0 aromatic rings. The van der Waals surface area contributed by atoms with Gasteiger partial charge in [-0.15, -0.1) is 0 Å². The molecule has 0 heterocycles. The van der Waals surface area contributed by atoms with E-state index in [1.807, 2.05) is 0 Å². The van der Waals surface area contributed by atoms with Gasteiger partial charge in [0.25, 0.3) is 0 Å². The Morgan fingerprint density at radius 3 is 0.574 bits per heavy atom. The van der Waals surface area contributed by atoms with Crippen molar-refractivity contribution in [1.29, 1.82) is 0 Å². The number of hydrogen-bond acceptors (Lipinski definition) is 1.